The molecule has 1 aromatic heterocycles. The lowest BCUT2D eigenvalue weighted by molar-refractivity contribution is 0.675. The molecule has 1 heterocycles. The van der Waals surface area contributed by atoms with Gasteiger partial charge in [-0.3, -0.25) is 4.68 Å². The number of fused-ring (bicyclic) bond motifs is 1. The van der Waals surface area contributed by atoms with Crippen LogP contribution in [-0.2, 0) is 12.3 Å². The van der Waals surface area contributed by atoms with Gasteiger partial charge in [-0.2, -0.15) is 5.10 Å². The molecule has 0 aliphatic rings. The summed E-state index contributed by atoms with van der Waals surface area (Å²) < 4.78 is 3.06. The maximum Gasteiger partial charge on any atom is 0.0805 e. The molecular weight excluding hydrogens is 346 g/mol. The molecule has 0 aliphatic heterocycles. The summed E-state index contributed by atoms with van der Waals surface area (Å²) in [5, 5.41) is 5.94. The smallest absolute Gasteiger partial charge is 0.0805 e. The Balaban J connectivity index is 1.88. The molecule has 0 amide bonds. The van der Waals surface area contributed by atoms with Crippen LogP contribution < -0.4 is 5.73 Å². The van der Waals surface area contributed by atoms with E-state index in [1.807, 2.05) is 18.2 Å². The number of nitrogen functional groups attached to an aromatic ring is 1. The van der Waals surface area contributed by atoms with E-state index in [0.29, 0.717) is 0 Å². The predicted octanol–water partition coefficient (Wildman–Crippen LogP) is 4.69. The van der Waals surface area contributed by atoms with Gasteiger partial charge in [-0.15, -0.1) is 11.8 Å². The van der Waals surface area contributed by atoms with Crippen LogP contribution in [0.1, 0.15) is 12.6 Å². The van der Waals surface area contributed by atoms with Crippen LogP contribution in [0.15, 0.2) is 51.8 Å². The Morgan fingerprint density at radius 1 is 1.24 bits per heavy atom. The van der Waals surface area contributed by atoms with Crippen LogP contribution >= 0.6 is 27.7 Å². The van der Waals surface area contributed by atoms with Crippen molar-refractivity contribution in [3.05, 3.63) is 52.6 Å². The third-order valence-corrected chi connectivity index (χ3v) is 4.96. The highest BCUT2D eigenvalue weighted by atomic mass is 79.9. The predicted molar refractivity (Wildman–Crippen MR) is 93.5 cm³/mol. The van der Waals surface area contributed by atoms with Crippen LogP contribution in [0.5, 0.6) is 0 Å². The molecule has 0 saturated heterocycles. The maximum atomic E-state index is 6.05. The number of aryl methyl sites for hydroxylation is 1. The minimum absolute atomic E-state index is 0.800. The lowest BCUT2D eigenvalue weighted by Gasteiger charge is -2.04. The van der Waals surface area contributed by atoms with Crippen LogP contribution in [-0.4, -0.2) is 9.78 Å². The number of benzene rings is 2. The zero-order valence-corrected chi connectivity index (χ0v) is 14.1. The second-order valence-electron chi connectivity index (χ2n) is 4.75. The summed E-state index contributed by atoms with van der Waals surface area (Å²) in [6.07, 6.45) is 0. The minimum atomic E-state index is 0.800. The van der Waals surface area contributed by atoms with Gasteiger partial charge in [0.05, 0.1) is 11.2 Å². The van der Waals surface area contributed by atoms with Crippen molar-refractivity contribution in [1.82, 2.24) is 9.78 Å². The van der Waals surface area contributed by atoms with E-state index in [2.05, 4.69) is 51.8 Å². The summed E-state index contributed by atoms with van der Waals surface area (Å²) >= 11 is 5.16. The molecule has 2 N–H and O–H groups in total. The first-order valence-corrected chi connectivity index (χ1v) is 8.59. The number of para-hydroxylation sites is 1. The monoisotopic (exact) mass is 361 g/mol. The van der Waals surface area contributed by atoms with Gasteiger partial charge in [-0.25, -0.2) is 0 Å². The first-order chi connectivity index (χ1) is 10.2. The van der Waals surface area contributed by atoms with Gasteiger partial charge in [0.1, 0.15) is 0 Å². The van der Waals surface area contributed by atoms with E-state index in [4.69, 9.17) is 10.8 Å². The molecule has 0 unspecified atom stereocenters. The normalized spacial score (nSPS) is 11.1. The van der Waals surface area contributed by atoms with Gasteiger partial charge in [0, 0.05) is 32.7 Å². The van der Waals surface area contributed by atoms with Crippen LogP contribution in [0.4, 0.5) is 5.69 Å². The Kier molecular flexibility index (Phi) is 4.22. The minimum Gasteiger partial charge on any atom is -0.398 e. The number of hydrogen-bond acceptors (Lipinski definition) is 3. The van der Waals surface area contributed by atoms with Crippen molar-refractivity contribution in [3.63, 3.8) is 0 Å². The molecule has 3 nitrogen and oxygen atoms in total. The fourth-order valence-electron chi connectivity index (χ4n) is 2.34. The largest absolute Gasteiger partial charge is 0.398 e. The molecule has 21 heavy (non-hydrogen) atoms. The molecule has 3 rings (SSSR count). The molecule has 0 fully saturated rings. The van der Waals surface area contributed by atoms with E-state index < -0.39 is 0 Å². The van der Waals surface area contributed by atoms with Gasteiger partial charge in [0.15, 0.2) is 0 Å². The van der Waals surface area contributed by atoms with Crippen molar-refractivity contribution in [3.8, 4) is 0 Å². The summed E-state index contributed by atoms with van der Waals surface area (Å²) in [6, 6.07) is 14.4. The standard InChI is InChI=1S/C16H16BrN3S/c1-2-20-15-6-4-3-5-12(15)14(19-20)10-21-16-8-7-11(17)9-13(16)18/h3-9H,2,10,18H2,1H3. The van der Waals surface area contributed by atoms with E-state index in [1.165, 1.54) is 10.9 Å². The van der Waals surface area contributed by atoms with Crippen LogP contribution in [0.3, 0.4) is 0 Å². The molecule has 2 aromatic carbocycles. The third-order valence-electron chi connectivity index (χ3n) is 3.37. The van der Waals surface area contributed by atoms with Crippen molar-refractivity contribution in [2.45, 2.75) is 24.1 Å². The number of nitrogens with zero attached hydrogens (tertiary/aromatic N) is 2. The second-order valence-corrected chi connectivity index (χ2v) is 6.68. The average molecular weight is 362 g/mol. The van der Waals surface area contributed by atoms with Crippen molar-refractivity contribution in [1.29, 1.82) is 0 Å². The summed E-state index contributed by atoms with van der Waals surface area (Å²) in [7, 11) is 0. The molecule has 5 heteroatoms. The number of halogens is 1. The highest BCUT2D eigenvalue weighted by molar-refractivity contribution is 9.10. The maximum absolute atomic E-state index is 6.05. The first kappa shape index (κ1) is 14.5. The van der Waals surface area contributed by atoms with Crippen LogP contribution in [0, 0.1) is 0 Å². The van der Waals surface area contributed by atoms with E-state index >= 15 is 0 Å². The van der Waals surface area contributed by atoms with Gasteiger partial charge in [0.25, 0.3) is 0 Å². The zero-order valence-electron chi connectivity index (χ0n) is 11.7. The Bertz CT molecular complexity index is 782. The molecule has 0 atom stereocenters. The fraction of sp³-hybridized carbons (Fsp3) is 0.188. The van der Waals surface area contributed by atoms with Gasteiger partial charge >= 0.3 is 0 Å². The topological polar surface area (TPSA) is 43.8 Å². The third kappa shape index (κ3) is 2.94. The number of rotatable bonds is 4. The Labute approximate surface area is 136 Å². The highest BCUT2D eigenvalue weighted by Crippen LogP contribution is 2.31. The van der Waals surface area contributed by atoms with Crippen LogP contribution in [0.25, 0.3) is 10.9 Å². The molecular formula is C16H16BrN3S. The van der Waals surface area contributed by atoms with Gasteiger partial charge < -0.3 is 5.73 Å². The number of anilines is 1. The molecule has 0 bridgehead atoms. The van der Waals surface area contributed by atoms with Crippen molar-refractivity contribution in [2.24, 2.45) is 0 Å². The zero-order chi connectivity index (χ0) is 14.8. The lowest BCUT2D eigenvalue weighted by Crippen LogP contribution is -1.96. The summed E-state index contributed by atoms with van der Waals surface area (Å²) in [5.74, 6) is 0.819. The van der Waals surface area contributed by atoms with Crippen molar-refractivity contribution >= 4 is 44.3 Å². The van der Waals surface area contributed by atoms with E-state index in [1.54, 1.807) is 11.8 Å². The van der Waals surface area contributed by atoms with E-state index in [9.17, 15) is 0 Å². The summed E-state index contributed by atoms with van der Waals surface area (Å²) in [4.78, 5) is 1.09. The second kappa shape index (κ2) is 6.12. The number of aromatic nitrogens is 2. The SMILES string of the molecule is CCn1nc(CSc2ccc(Br)cc2N)c2ccccc21. The number of hydrogen-bond donors (Lipinski definition) is 1. The van der Waals surface area contributed by atoms with E-state index in [-0.39, 0.29) is 0 Å². The Hall–Kier alpha value is -1.46. The molecule has 0 aliphatic carbocycles. The van der Waals surface area contributed by atoms with Gasteiger partial charge in [-0.1, -0.05) is 34.1 Å². The van der Waals surface area contributed by atoms with Gasteiger partial charge in [-0.05, 0) is 31.2 Å². The van der Waals surface area contributed by atoms with E-state index in [0.717, 1.165) is 33.0 Å². The van der Waals surface area contributed by atoms with Crippen molar-refractivity contribution < 1.29 is 0 Å². The molecule has 0 radical (unpaired) electrons. The Morgan fingerprint density at radius 2 is 2.05 bits per heavy atom. The van der Waals surface area contributed by atoms with Crippen molar-refractivity contribution in [2.75, 3.05) is 5.73 Å². The average Bonchev–Trinajstić information content (AvgIpc) is 2.85. The Morgan fingerprint density at radius 3 is 2.81 bits per heavy atom. The summed E-state index contributed by atoms with van der Waals surface area (Å²) in [5.41, 5.74) is 9.16. The van der Waals surface area contributed by atoms with Gasteiger partial charge in [0.2, 0.25) is 0 Å². The fourth-order valence-corrected chi connectivity index (χ4v) is 3.61. The summed E-state index contributed by atoms with van der Waals surface area (Å²) in [6.45, 7) is 2.99. The molecule has 0 saturated carbocycles. The lowest BCUT2D eigenvalue weighted by atomic mass is 10.2. The molecule has 3 aromatic rings. The number of thioether (sulfide) groups is 1. The quantitative estimate of drug-likeness (QED) is 0.541. The highest BCUT2D eigenvalue weighted by Gasteiger charge is 2.10. The first-order valence-electron chi connectivity index (χ1n) is 6.81. The molecule has 108 valence electrons. The van der Waals surface area contributed by atoms with Crippen LogP contribution in [0.2, 0.25) is 0 Å². The molecule has 0 spiro atoms. The number of nitrogens with two attached hydrogens (primary N) is 1.